The second-order valence-corrected chi connectivity index (χ2v) is 7.92. The maximum atomic E-state index is 14.1. The van der Waals surface area contributed by atoms with Gasteiger partial charge in [-0.2, -0.15) is 4.98 Å². The minimum atomic E-state index is -0.599. The number of amides is 1. The van der Waals surface area contributed by atoms with Gasteiger partial charge in [-0.15, -0.1) is 0 Å². The van der Waals surface area contributed by atoms with Gasteiger partial charge in [-0.05, 0) is 37.1 Å². The van der Waals surface area contributed by atoms with Gasteiger partial charge >= 0.3 is 0 Å². The molecular weight excluding hydrogens is 409 g/mol. The van der Waals surface area contributed by atoms with Gasteiger partial charge in [0, 0.05) is 43.9 Å². The first-order valence-electron chi connectivity index (χ1n) is 9.88. The molecule has 1 aliphatic heterocycles. The van der Waals surface area contributed by atoms with Crippen molar-refractivity contribution in [2.75, 3.05) is 31.1 Å². The monoisotopic (exact) mass is 427 g/mol. The van der Waals surface area contributed by atoms with Crippen molar-refractivity contribution in [1.29, 1.82) is 0 Å². The zero-order chi connectivity index (χ0) is 20.7. The molecule has 2 aliphatic rings. The zero-order valence-corrected chi connectivity index (χ0v) is 16.8. The highest BCUT2D eigenvalue weighted by Gasteiger charge is 2.30. The largest absolute Gasteiger partial charge is 0.353 e. The van der Waals surface area contributed by atoms with E-state index in [4.69, 9.17) is 16.1 Å². The minimum Gasteiger partial charge on any atom is -0.353 e. The van der Waals surface area contributed by atoms with E-state index in [1.54, 1.807) is 11.1 Å². The number of pyridine rings is 1. The number of carbonyl (C=O) groups is 1. The van der Waals surface area contributed by atoms with Crippen LogP contribution in [0.25, 0.3) is 11.4 Å². The third-order valence-electron chi connectivity index (χ3n) is 5.44. The van der Waals surface area contributed by atoms with E-state index in [1.165, 1.54) is 18.2 Å². The summed E-state index contributed by atoms with van der Waals surface area (Å²) in [4.78, 5) is 25.4. The van der Waals surface area contributed by atoms with Crippen LogP contribution in [0, 0.1) is 5.82 Å². The highest BCUT2D eigenvalue weighted by molar-refractivity contribution is 6.33. The molecule has 5 rings (SSSR count). The van der Waals surface area contributed by atoms with Crippen LogP contribution in [0.5, 0.6) is 0 Å². The first kappa shape index (κ1) is 19.0. The number of carbonyl (C=O) groups excluding carboxylic acids is 1. The lowest BCUT2D eigenvalue weighted by Crippen LogP contribution is -2.49. The number of anilines is 1. The summed E-state index contributed by atoms with van der Waals surface area (Å²) in [6.07, 6.45) is 3.94. The van der Waals surface area contributed by atoms with Crippen LogP contribution < -0.4 is 4.90 Å². The first-order valence-corrected chi connectivity index (χ1v) is 10.3. The molecule has 0 spiro atoms. The lowest BCUT2D eigenvalue weighted by Gasteiger charge is -2.35. The van der Waals surface area contributed by atoms with Crippen LogP contribution in [0.15, 0.2) is 41.1 Å². The van der Waals surface area contributed by atoms with Gasteiger partial charge in [-0.3, -0.25) is 4.79 Å². The third-order valence-corrected chi connectivity index (χ3v) is 5.76. The number of piperazine rings is 1. The number of aromatic nitrogens is 3. The zero-order valence-electron chi connectivity index (χ0n) is 16.1. The Morgan fingerprint density at radius 2 is 1.93 bits per heavy atom. The Balaban J connectivity index is 1.23. The molecule has 2 fully saturated rings. The van der Waals surface area contributed by atoms with E-state index in [-0.39, 0.29) is 16.5 Å². The normalized spacial score (nSPS) is 16.7. The van der Waals surface area contributed by atoms with Crippen molar-refractivity contribution in [2.45, 2.75) is 18.8 Å². The van der Waals surface area contributed by atoms with Crippen molar-refractivity contribution >= 4 is 23.3 Å². The van der Waals surface area contributed by atoms with Crippen LogP contribution in [0.1, 0.15) is 35.0 Å². The van der Waals surface area contributed by atoms with Gasteiger partial charge in [-0.1, -0.05) is 22.8 Å². The van der Waals surface area contributed by atoms with Crippen molar-refractivity contribution in [3.8, 4) is 11.4 Å². The number of hydrogen-bond donors (Lipinski definition) is 0. The quantitative estimate of drug-likeness (QED) is 0.631. The lowest BCUT2D eigenvalue weighted by atomic mass is 10.1. The van der Waals surface area contributed by atoms with Crippen LogP contribution in [-0.4, -0.2) is 52.1 Å². The van der Waals surface area contributed by atoms with E-state index < -0.39 is 5.82 Å². The maximum absolute atomic E-state index is 14.1. The molecule has 1 saturated carbocycles. The molecule has 154 valence electrons. The van der Waals surface area contributed by atoms with E-state index in [0.717, 1.165) is 24.2 Å². The van der Waals surface area contributed by atoms with Crippen LogP contribution >= 0.6 is 11.6 Å². The average molecular weight is 428 g/mol. The molecule has 0 bridgehead atoms. The van der Waals surface area contributed by atoms with Gasteiger partial charge in [0.2, 0.25) is 11.7 Å². The predicted molar refractivity (Wildman–Crippen MR) is 109 cm³/mol. The van der Waals surface area contributed by atoms with Gasteiger partial charge in [0.05, 0.1) is 10.6 Å². The molecule has 2 aromatic heterocycles. The average Bonchev–Trinajstić information content (AvgIpc) is 3.50. The smallest absolute Gasteiger partial charge is 0.258 e. The van der Waals surface area contributed by atoms with Gasteiger partial charge in [0.1, 0.15) is 11.6 Å². The number of benzene rings is 1. The fraction of sp³-hybridized carbons (Fsp3) is 0.333. The lowest BCUT2D eigenvalue weighted by molar-refractivity contribution is 0.0742. The molecule has 30 heavy (non-hydrogen) atoms. The highest BCUT2D eigenvalue weighted by atomic mass is 35.5. The topological polar surface area (TPSA) is 75.4 Å². The second-order valence-electron chi connectivity index (χ2n) is 7.51. The third kappa shape index (κ3) is 3.63. The van der Waals surface area contributed by atoms with E-state index in [2.05, 4.69) is 20.0 Å². The predicted octanol–water partition coefficient (Wildman–Crippen LogP) is 3.76. The second kappa shape index (κ2) is 7.68. The Hall–Kier alpha value is -3.00. The van der Waals surface area contributed by atoms with Gasteiger partial charge < -0.3 is 14.3 Å². The Morgan fingerprint density at radius 1 is 1.13 bits per heavy atom. The van der Waals surface area contributed by atoms with Crippen LogP contribution in [0.2, 0.25) is 5.02 Å². The van der Waals surface area contributed by atoms with Gasteiger partial charge in [0.15, 0.2) is 0 Å². The molecule has 0 atom stereocenters. The maximum Gasteiger partial charge on any atom is 0.258 e. The summed E-state index contributed by atoms with van der Waals surface area (Å²) in [5.74, 6) is 1.48. The molecule has 3 heterocycles. The highest BCUT2D eigenvalue weighted by Crippen LogP contribution is 2.39. The molecule has 1 saturated heterocycles. The minimum absolute atomic E-state index is 0.0687. The van der Waals surface area contributed by atoms with Crippen molar-refractivity contribution in [3.63, 3.8) is 0 Å². The molecule has 1 amide bonds. The first-order chi connectivity index (χ1) is 14.6. The summed E-state index contributed by atoms with van der Waals surface area (Å²) in [5, 5.41) is 4.17. The molecule has 0 radical (unpaired) electrons. The van der Waals surface area contributed by atoms with Crippen LogP contribution in [-0.2, 0) is 0 Å². The van der Waals surface area contributed by atoms with E-state index in [1.807, 2.05) is 12.1 Å². The Kier molecular flexibility index (Phi) is 4.86. The molecular formula is C21H19ClFN5O2. The molecule has 7 nitrogen and oxygen atoms in total. The Morgan fingerprint density at radius 3 is 2.60 bits per heavy atom. The van der Waals surface area contributed by atoms with E-state index in [9.17, 15) is 9.18 Å². The van der Waals surface area contributed by atoms with Crippen molar-refractivity contribution in [3.05, 3.63) is 58.8 Å². The summed E-state index contributed by atoms with van der Waals surface area (Å²) in [6, 6.07) is 8.09. The molecule has 3 aromatic rings. The number of nitrogens with zero attached hydrogens (tertiary/aromatic N) is 5. The van der Waals surface area contributed by atoms with E-state index in [0.29, 0.717) is 43.8 Å². The summed E-state index contributed by atoms with van der Waals surface area (Å²) in [7, 11) is 0. The summed E-state index contributed by atoms with van der Waals surface area (Å²) < 4.78 is 19.4. The summed E-state index contributed by atoms with van der Waals surface area (Å²) in [6.45, 7) is 2.11. The van der Waals surface area contributed by atoms with E-state index >= 15 is 0 Å². The Bertz CT molecular complexity index is 1060. The van der Waals surface area contributed by atoms with Crippen molar-refractivity contribution in [1.82, 2.24) is 20.0 Å². The number of hydrogen-bond acceptors (Lipinski definition) is 6. The molecule has 0 unspecified atom stereocenters. The van der Waals surface area contributed by atoms with Gasteiger partial charge in [-0.25, -0.2) is 9.37 Å². The summed E-state index contributed by atoms with van der Waals surface area (Å²) in [5.41, 5.74) is 0.734. The van der Waals surface area contributed by atoms with Gasteiger partial charge in [0.25, 0.3) is 5.91 Å². The SMILES string of the molecule is O=C(c1c(F)cccc1Cl)N1CCN(c2ccc(-c3noc(C4CC4)n3)cn2)CC1. The number of rotatable bonds is 4. The molecule has 9 heteroatoms. The standard InChI is InChI=1S/C21H19ClFN5O2/c22-15-2-1-3-16(23)18(15)21(29)28-10-8-27(9-11-28)17-7-6-14(12-24-17)19-25-20(30-26-19)13-4-5-13/h1-3,6-7,12-13H,4-5,8-11H2. The molecule has 1 aromatic carbocycles. The van der Waals surface area contributed by atoms with Crippen molar-refractivity contribution < 1.29 is 13.7 Å². The van der Waals surface area contributed by atoms with Crippen molar-refractivity contribution in [2.24, 2.45) is 0 Å². The molecule has 0 N–H and O–H groups in total. The fourth-order valence-corrected chi connectivity index (χ4v) is 3.80. The molecule has 1 aliphatic carbocycles. The van der Waals surface area contributed by atoms with Crippen LogP contribution in [0.4, 0.5) is 10.2 Å². The number of halogens is 2. The Labute approximate surface area is 177 Å². The summed E-state index contributed by atoms with van der Waals surface area (Å²) >= 11 is 6.03. The van der Waals surface area contributed by atoms with Crippen LogP contribution in [0.3, 0.4) is 0 Å². The fourth-order valence-electron chi connectivity index (χ4n) is 3.55.